The molecule has 2 aliphatic heterocycles. The molecule has 0 aromatic carbocycles. The minimum Gasteiger partial charge on any atom is -0.444 e. The summed E-state index contributed by atoms with van der Waals surface area (Å²) in [4.78, 5) is 11.6. The average molecular weight is 224 g/mol. The maximum atomic E-state index is 11.6. The zero-order chi connectivity index (χ0) is 12.0. The summed E-state index contributed by atoms with van der Waals surface area (Å²) in [5.74, 6) is 0. The highest BCUT2D eigenvalue weighted by Crippen LogP contribution is 2.51. The van der Waals surface area contributed by atoms with Gasteiger partial charge in [-0.15, -0.1) is 0 Å². The molecule has 0 aromatic rings. The molecule has 1 aliphatic carbocycles. The van der Waals surface area contributed by atoms with Crippen molar-refractivity contribution in [2.75, 3.05) is 6.61 Å². The summed E-state index contributed by atoms with van der Waals surface area (Å²) in [5, 5.41) is 11.7. The molecule has 1 amide bonds. The van der Waals surface area contributed by atoms with Gasteiger partial charge in [0.1, 0.15) is 5.60 Å². The fourth-order valence-electron chi connectivity index (χ4n) is 2.28. The smallest absolute Gasteiger partial charge is 0.408 e. The minimum absolute atomic E-state index is 0.377. The normalized spacial score (nSPS) is 36.1. The molecule has 0 atom stereocenters. The molecule has 3 fully saturated rings. The number of hydrogen-bond acceptors (Lipinski definition) is 4. The van der Waals surface area contributed by atoms with Crippen LogP contribution in [0.15, 0.2) is 0 Å². The number of fused-ring (bicyclic) bond motifs is 1. The lowest BCUT2D eigenvalue weighted by Crippen LogP contribution is -2.59. The van der Waals surface area contributed by atoms with Crippen LogP contribution < -0.4 is 5.32 Å². The van der Waals surface area contributed by atoms with Crippen molar-refractivity contribution in [1.82, 2.24) is 5.32 Å². The fourth-order valence-corrected chi connectivity index (χ4v) is 2.28. The third kappa shape index (κ3) is 1.85. The number of nitrogens with zero attached hydrogens (tertiary/aromatic N) is 1. The quantitative estimate of drug-likeness (QED) is 0.729. The van der Waals surface area contributed by atoms with Crippen LogP contribution in [0.2, 0.25) is 0 Å². The molecule has 0 unspecified atom stereocenters. The number of carbonyl (C=O) groups excluding carboxylic acids is 1. The van der Waals surface area contributed by atoms with Crippen molar-refractivity contribution < 1.29 is 14.3 Å². The molecule has 0 spiro atoms. The van der Waals surface area contributed by atoms with Crippen LogP contribution in [0.5, 0.6) is 0 Å². The Morgan fingerprint density at radius 2 is 2.12 bits per heavy atom. The fraction of sp³-hybridized carbons (Fsp3) is 0.818. The molecular weight excluding hydrogens is 208 g/mol. The molecule has 2 bridgehead atoms. The van der Waals surface area contributed by atoms with Crippen LogP contribution in [0, 0.1) is 11.3 Å². The Labute approximate surface area is 94.7 Å². The monoisotopic (exact) mass is 224 g/mol. The van der Waals surface area contributed by atoms with Gasteiger partial charge in [-0.1, -0.05) is 0 Å². The van der Waals surface area contributed by atoms with Crippen molar-refractivity contribution in [3.63, 3.8) is 0 Å². The van der Waals surface area contributed by atoms with Gasteiger partial charge in [-0.3, -0.25) is 0 Å². The molecule has 0 radical (unpaired) electrons. The van der Waals surface area contributed by atoms with E-state index in [2.05, 4.69) is 11.4 Å². The van der Waals surface area contributed by atoms with E-state index in [-0.39, 0.29) is 5.54 Å². The van der Waals surface area contributed by atoms with Crippen LogP contribution in [-0.2, 0) is 9.47 Å². The van der Waals surface area contributed by atoms with E-state index in [9.17, 15) is 4.79 Å². The second-order valence-electron chi connectivity index (χ2n) is 5.66. The summed E-state index contributed by atoms with van der Waals surface area (Å²) in [6.45, 7) is 5.85. The van der Waals surface area contributed by atoms with E-state index >= 15 is 0 Å². The van der Waals surface area contributed by atoms with Gasteiger partial charge < -0.3 is 14.8 Å². The molecule has 16 heavy (non-hydrogen) atoms. The van der Waals surface area contributed by atoms with Crippen LogP contribution in [0.4, 0.5) is 4.79 Å². The molecule has 3 aliphatic rings. The van der Waals surface area contributed by atoms with E-state index in [1.54, 1.807) is 0 Å². The molecule has 5 heteroatoms. The maximum Gasteiger partial charge on any atom is 0.408 e. The summed E-state index contributed by atoms with van der Waals surface area (Å²) in [6.07, 6.45) is 0.690. The predicted octanol–water partition coefficient (Wildman–Crippen LogP) is 1.34. The number of nitrogens with one attached hydrogen (secondary N) is 1. The number of carbonyl (C=O) groups is 1. The van der Waals surface area contributed by atoms with E-state index in [1.807, 2.05) is 20.8 Å². The van der Waals surface area contributed by atoms with Crippen molar-refractivity contribution in [1.29, 1.82) is 5.26 Å². The zero-order valence-corrected chi connectivity index (χ0v) is 9.79. The summed E-state index contributed by atoms with van der Waals surface area (Å²) in [6, 6.07) is 2.14. The van der Waals surface area contributed by atoms with E-state index in [0.717, 1.165) is 0 Å². The Hall–Kier alpha value is -1.28. The lowest BCUT2D eigenvalue weighted by atomic mass is 9.69. The summed E-state index contributed by atoms with van der Waals surface area (Å²) in [5.41, 5.74) is -1.54. The first-order chi connectivity index (χ1) is 7.28. The van der Waals surface area contributed by atoms with Gasteiger partial charge in [0.05, 0.1) is 18.2 Å². The van der Waals surface area contributed by atoms with E-state index in [1.165, 1.54) is 0 Å². The van der Waals surface area contributed by atoms with E-state index in [4.69, 9.17) is 14.7 Å². The van der Waals surface area contributed by atoms with Crippen LogP contribution in [0.1, 0.15) is 33.6 Å². The third-order valence-electron chi connectivity index (χ3n) is 2.84. The molecule has 2 saturated heterocycles. The largest absolute Gasteiger partial charge is 0.444 e. The van der Waals surface area contributed by atoms with Crippen LogP contribution in [-0.4, -0.2) is 29.4 Å². The first kappa shape index (κ1) is 11.2. The second kappa shape index (κ2) is 3.11. The predicted molar refractivity (Wildman–Crippen MR) is 55.6 cm³/mol. The van der Waals surface area contributed by atoms with Gasteiger partial charge >= 0.3 is 6.09 Å². The number of amides is 1. The third-order valence-corrected chi connectivity index (χ3v) is 2.84. The van der Waals surface area contributed by atoms with Gasteiger partial charge in [-0.05, 0) is 20.8 Å². The topological polar surface area (TPSA) is 71.3 Å². The average Bonchev–Trinajstić information content (AvgIpc) is 2.55. The summed E-state index contributed by atoms with van der Waals surface area (Å²) in [7, 11) is 0. The van der Waals surface area contributed by atoms with Gasteiger partial charge in [0, 0.05) is 12.8 Å². The lowest BCUT2D eigenvalue weighted by Gasteiger charge is -2.40. The van der Waals surface area contributed by atoms with Gasteiger partial charge in [0.25, 0.3) is 0 Å². The standard InChI is InChI=1S/C11H16N2O3/c1-9(2,3)16-8(14)13-10-4-11(5-10,6-12)15-7-10/h4-5,7H2,1-3H3,(H,13,14). The molecule has 1 saturated carbocycles. The van der Waals surface area contributed by atoms with Gasteiger partial charge in [0.2, 0.25) is 0 Å². The highest BCUT2D eigenvalue weighted by Gasteiger charge is 2.64. The number of alkyl carbamates (subject to hydrolysis) is 1. The molecule has 1 N–H and O–H groups in total. The number of ether oxygens (including phenoxy) is 2. The Balaban J connectivity index is 1.90. The van der Waals surface area contributed by atoms with Crippen LogP contribution in [0.25, 0.3) is 0 Å². The molecule has 0 aromatic heterocycles. The van der Waals surface area contributed by atoms with Gasteiger partial charge in [-0.25, -0.2) is 4.79 Å². The Morgan fingerprint density at radius 1 is 1.50 bits per heavy atom. The van der Waals surface area contributed by atoms with E-state index < -0.39 is 17.3 Å². The zero-order valence-electron chi connectivity index (χ0n) is 9.79. The number of rotatable bonds is 1. The Kier molecular flexibility index (Phi) is 2.18. The van der Waals surface area contributed by atoms with E-state index in [0.29, 0.717) is 19.4 Å². The minimum atomic E-state index is -0.658. The number of hydrogen-bond donors (Lipinski definition) is 1. The number of nitriles is 1. The second-order valence-corrected chi connectivity index (χ2v) is 5.66. The Bertz CT molecular complexity index is 358. The maximum absolute atomic E-state index is 11.6. The molecule has 3 rings (SSSR count). The molecule has 5 nitrogen and oxygen atoms in total. The first-order valence-corrected chi connectivity index (χ1v) is 5.35. The van der Waals surface area contributed by atoms with Crippen molar-refractivity contribution in [2.24, 2.45) is 0 Å². The van der Waals surface area contributed by atoms with Crippen molar-refractivity contribution in [2.45, 2.75) is 50.4 Å². The lowest BCUT2D eigenvalue weighted by molar-refractivity contribution is 0.0312. The molecule has 88 valence electrons. The summed E-state index contributed by atoms with van der Waals surface area (Å²) < 4.78 is 10.5. The van der Waals surface area contributed by atoms with Crippen LogP contribution in [0.3, 0.4) is 0 Å². The first-order valence-electron chi connectivity index (χ1n) is 5.35. The highest BCUT2D eigenvalue weighted by molar-refractivity contribution is 5.69. The van der Waals surface area contributed by atoms with Crippen LogP contribution >= 0.6 is 0 Å². The highest BCUT2D eigenvalue weighted by atomic mass is 16.6. The molecule has 2 heterocycles. The summed E-state index contributed by atoms with van der Waals surface area (Å²) >= 11 is 0. The van der Waals surface area contributed by atoms with Crippen molar-refractivity contribution in [3.8, 4) is 6.07 Å². The molecular formula is C11H16N2O3. The van der Waals surface area contributed by atoms with Crippen molar-refractivity contribution >= 4 is 6.09 Å². The Morgan fingerprint density at radius 3 is 2.56 bits per heavy atom. The SMILES string of the molecule is CC(C)(C)OC(=O)NC12COC(C#N)(C1)C2. The van der Waals surface area contributed by atoms with Crippen molar-refractivity contribution in [3.05, 3.63) is 0 Å². The van der Waals surface area contributed by atoms with Gasteiger partial charge in [0.15, 0.2) is 5.60 Å². The van der Waals surface area contributed by atoms with Gasteiger partial charge in [-0.2, -0.15) is 5.26 Å².